The maximum atomic E-state index is 10.8. The molecule has 0 saturated heterocycles. The van der Waals surface area contributed by atoms with Crippen LogP contribution in [0.4, 0.5) is 5.69 Å². The van der Waals surface area contributed by atoms with E-state index in [0.717, 1.165) is 0 Å². The number of nitrogens with one attached hydrogen (secondary N) is 1. The number of primary amides is 1. The van der Waals surface area contributed by atoms with Crippen molar-refractivity contribution in [1.29, 1.82) is 0 Å². The van der Waals surface area contributed by atoms with Crippen LogP contribution in [0.25, 0.3) is 0 Å². The van der Waals surface area contributed by atoms with Crippen molar-refractivity contribution >= 4 is 17.6 Å². The van der Waals surface area contributed by atoms with Crippen LogP contribution in [0.5, 0.6) is 0 Å². The smallest absolute Gasteiger partial charge is 0.326 e. The Kier molecular flexibility index (Phi) is 3.68. The van der Waals surface area contributed by atoms with E-state index < -0.39 is 17.9 Å². The van der Waals surface area contributed by atoms with Crippen molar-refractivity contribution in [2.45, 2.75) is 12.5 Å². The van der Waals surface area contributed by atoms with Crippen molar-refractivity contribution < 1.29 is 14.7 Å². The van der Waals surface area contributed by atoms with Crippen molar-refractivity contribution in [3.63, 3.8) is 0 Å². The second-order valence-electron chi connectivity index (χ2n) is 3.07. The number of anilines is 1. The van der Waals surface area contributed by atoms with Crippen LogP contribution in [0.15, 0.2) is 30.3 Å². The lowest BCUT2D eigenvalue weighted by Crippen LogP contribution is -2.33. The van der Waals surface area contributed by atoms with Gasteiger partial charge in [-0.1, -0.05) is 18.2 Å². The van der Waals surface area contributed by atoms with Crippen LogP contribution in [-0.4, -0.2) is 23.0 Å². The second-order valence-corrected chi connectivity index (χ2v) is 3.07. The minimum atomic E-state index is -1.10. The van der Waals surface area contributed by atoms with E-state index in [1.165, 1.54) is 0 Å². The molecule has 5 heteroatoms. The largest absolute Gasteiger partial charge is 0.480 e. The highest BCUT2D eigenvalue weighted by Gasteiger charge is 2.19. The second kappa shape index (κ2) is 4.99. The fraction of sp³-hybridized carbons (Fsp3) is 0.200. The van der Waals surface area contributed by atoms with E-state index in [4.69, 9.17) is 10.8 Å². The predicted octanol–water partition coefficient (Wildman–Crippen LogP) is 0.427. The van der Waals surface area contributed by atoms with E-state index in [1.807, 2.05) is 6.07 Å². The Morgan fingerprint density at radius 3 is 2.40 bits per heavy atom. The van der Waals surface area contributed by atoms with Gasteiger partial charge in [-0.15, -0.1) is 0 Å². The number of aliphatic carboxylic acids is 1. The zero-order valence-electron chi connectivity index (χ0n) is 8.01. The van der Waals surface area contributed by atoms with Gasteiger partial charge in [0.1, 0.15) is 6.04 Å². The number of hydrogen-bond acceptors (Lipinski definition) is 3. The Morgan fingerprint density at radius 1 is 1.33 bits per heavy atom. The van der Waals surface area contributed by atoms with Crippen LogP contribution in [0, 0.1) is 0 Å². The average molecular weight is 208 g/mol. The van der Waals surface area contributed by atoms with Crippen LogP contribution >= 0.6 is 0 Å². The summed E-state index contributed by atoms with van der Waals surface area (Å²) < 4.78 is 0. The summed E-state index contributed by atoms with van der Waals surface area (Å²) in [5.74, 6) is -1.75. The molecule has 1 atom stereocenters. The molecule has 5 nitrogen and oxygen atoms in total. The van der Waals surface area contributed by atoms with E-state index in [-0.39, 0.29) is 6.42 Å². The summed E-state index contributed by atoms with van der Waals surface area (Å²) in [6, 6.07) is 7.81. The molecule has 1 rings (SSSR count). The molecular formula is C10H12N2O3. The monoisotopic (exact) mass is 208 g/mol. The lowest BCUT2D eigenvalue weighted by atomic mass is 10.2. The number of para-hydroxylation sites is 1. The van der Waals surface area contributed by atoms with Gasteiger partial charge in [0.25, 0.3) is 0 Å². The maximum absolute atomic E-state index is 10.8. The molecule has 0 fully saturated rings. The molecule has 0 unspecified atom stereocenters. The molecule has 0 radical (unpaired) electrons. The van der Waals surface area contributed by atoms with Crippen LogP contribution in [-0.2, 0) is 9.59 Å². The predicted molar refractivity (Wildman–Crippen MR) is 55.3 cm³/mol. The molecule has 80 valence electrons. The normalized spacial score (nSPS) is 11.7. The maximum Gasteiger partial charge on any atom is 0.326 e. The van der Waals surface area contributed by atoms with Gasteiger partial charge in [0.2, 0.25) is 5.91 Å². The molecule has 0 aromatic heterocycles. The van der Waals surface area contributed by atoms with Gasteiger partial charge in [-0.2, -0.15) is 0 Å². The molecule has 0 aliphatic heterocycles. The summed E-state index contributed by atoms with van der Waals surface area (Å²) in [6.07, 6.45) is -0.232. The molecule has 4 N–H and O–H groups in total. The molecule has 0 spiro atoms. The lowest BCUT2D eigenvalue weighted by Gasteiger charge is -2.13. The van der Waals surface area contributed by atoms with E-state index in [2.05, 4.69) is 5.32 Å². The zero-order valence-corrected chi connectivity index (χ0v) is 8.01. The van der Waals surface area contributed by atoms with Crippen molar-refractivity contribution in [3.8, 4) is 0 Å². The molecule has 0 aliphatic carbocycles. The first kappa shape index (κ1) is 11.0. The fourth-order valence-electron chi connectivity index (χ4n) is 1.14. The van der Waals surface area contributed by atoms with Gasteiger partial charge in [0.05, 0.1) is 6.42 Å². The van der Waals surface area contributed by atoms with Gasteiger partial charge >= 0.3 is 5.97 Å². The molecule has 1 amide bonds. The molecule has 15 heavy (non-hydrogen) atoms. The molecule has 1 aromatic rings. The van der Waals surface area contributed by atoms with Gasteiger partial charge in [-0.25, -0.2) is 4.79 Å². The molecule has 0 bridgehead atoms. The average Bonchev–Trinajstić information content (AvgIpc) is 2.17. The Morgan fingerprint density at radius 2 is 1.93 bits per heavy atom. The SMILES string of the molecule is NC(=O)C[C@H](Nc1ccccc1)C(=O)O. The third kappa shape index (κ3) is 3.68. The summed E-state index contributed by atoms with van der Waals surface area (Å²) in [4.78, 5) is 21.4. The van der Waals surface area contributed by atoms with E-state index in [0.29, 0.717) is 5.69 Å². The van der Waals surface area contributed by atoms with Gasteiger partial charge in [-0.05, 0) is 12.1 Å². The van der Waals surface area contributed by atoms with Crippen molar-refractivity contribution in [2.24, 2.45) is 5.73 Å². The number of hydrogen-bond donors (Lipinski definition) is 3. The number of benzene rings is 1. The van der Waals surface area contributed by atoms with Crippen LogP contribution in [0.3, 0.4) is 0 Å². The third-order valence-corrected chi connectivity index (χ3v) is 1.82. The van der Waals surface area contributed by atoms with Gasteiger partial charge < -0.3 is 16.2 Å². The first-order valence-corrected chi connectivity index (χ1v) is 4.42. The molecular weight excluding hydrogens is 196 g/mol. The Hall–Kier alpha value is -2.04. The van der Waals surface area contributed by atoms with Gasteiger partial charge in [0, 0.05) is 5.69 Å². The standard InChI is InChI=1S/C10H12N2O3/c11-9(13)6-8(10(14)15)12-7-4-2-1-3-5-7/h1-5,8,12H,6H2,(H2,11,13)(H,14,15)/t8-/m0/s1. The van der Waals surface area contributed by atoms with Gasteiger partial charge in [-0.3, -0.25) is 4.79 Å². The lowest BCUT2D eigenvalue weighted by molar-refractivity contribution is -0.139. The van der Waals surface area contributed by atoms with E-state index >= 15 is 0 Å². The number of nitrogens with two attached hydrogens (primary N) is 1. The number of carbonyl (C=O) groups is 2. The molecule has 0 aliphatic rings. The summed E-state index contributed by atoms with van der Waals surface area (Å²) in [5.41, 5.74) is 5.59. The Bertz CT molecular complexity index is 351. The minimum Gasteiger partial charge on any atom is -0.480 e. The Labute approximate surface area is 86.9 Å². The highest BCUT2D eigenvalue weighted by molar-refractivity contribution is 5.85. The third-order valence-electron chi connectivity index (χ3n) is 1.82. The van der Waals surface area contributed by atoms with Crippen molar-refractivity contribution in [3.05, 3.63) is 30.3 Å². The van der Waals surface area contributed by atoms with E-state index in [9.17, 15) is 9.59 Å². The number of rotatable bonds is 5. The molecule has 0 saturated carbocycles. The first-order chi connectivity index (χ1) is 7.09. The first-order valence-electron chi connectivity index (χ1n) is 4.42. The van der Waals surface area contributed by atoms with Crippen LogP contribution in [0.2, 0.25) is 0 Å². The number of carboxylic acid groups (broad SMARTS) is 1. The summed E-state index contributed by atoms with van der Waals surface area (Å²) in [7, 11) is 0. The van der Waals surface area contributed by atoms with Crippen LogP contribution in [0.1, 0.15) is 6.42 Å². The van der Waals surface area contributed by atoms with Crippen molar-refractivity contribution in [2.75, 3.05) is 5.32 Å². The fourth-order valence-corrected chi connectivity index (χ4v) is 1.14. The Balaban J connectivity index is 2.67. The molecule has 1 aromatic carbocycles. The van der Waals surface area contributed by atoms with E-state index in [1.54, 1.807) is 24.3 Å². The van der Waals surface area contributed by atoms with Crippen molar-refractivity contribution in [1.82, 2.24) is 0 Å². The summed E-state index contributed by atoms with van der Waals surface area (Å²) in [5, 5.41) is 11.5. The highest BCUT2D eigenvalue weighted by atomic mass is 16.4. The number of amides is 1. The number of carboxylic acids is 1. The summed E-state index contributed by atoms with van der Waals surface area (Å²) >= 11 is 0. The van der Waals surface area contributed by atoms with Gasteiger partial charge in [0.15, 0.2) is 0 Å². The zero-order chi connectivity index (χ0) is 11.3. The minimum absolute atomic E-state index is 0.232. The molecule has 0 heterocycles. The quantitative estimate of drug-likeness (QED) is 0.654. The topological polar surface area (TPSA) is 92.4 Å². The highest BCUT2D eigenvalue weighted by Crippen LogP contribution is 2.08. The number of carbonyl (C=O) groups excluding carboxylic acids is 1. The van der Waals surface area contributed by atoms with Crippen LogP contribution < -0.4 is 11.1 Å². The summed E-state index contributed by atoms with van der Waals surface area (Å²) in [6.45, 7) is 0.